The van der Waals surface area contributed by atoms with Crippen LogP contribution in [0.5, 0.6) is 0 Å². The van der Waals surface area contributed by atoms with E-state index in [9.17, 15) is 20.8 Å². The summed E-state index contributed by atoms with van der Waals surface area (Å²) >= 11 is 0. The number of nitrogens with zero attached hydrogens (tertiary/aromatic N) is 1. The van der Waals surface area contributed by atoms with Gasteiger partial charge in [0.1, 0.15) is 22.6 Å². The summed E-state index contributed by atoms with van der Waals surface area (Å²) in [4.78, 5) is 4.41. The fourth-order valence-corrected chi connectivity index (χ4v) is 2.45. The molecule has 0 saturated carbocycles. The largest absolute Gasteiger partial charge is 0.291 e. The van der Waals surface area contributed by atoms with Crippen molar-refractivity contribution in [3.63, 3.8) is 0 Å². The van der Waals surface area contributed by atoms with E-state index in [4.69, 9.17) is 0 Å². The predicted octanol–water partition coefficient (Wildman–Crippen LogP) is 2.59. The quantitative estimate of drug-likeness (QED) is 0.269. The summed E-state index contributed by atoms with van der Waals surface area (Å²) in [5, 5.41) is 38.5. The number of aromatic nitrogens is 1. The van der Waals surface area contributed by atoms with Crippen LogP contribution in [0.2, 0.25) is 0 Å². The van der Waals surface area contributed by atoms with Crippen molar-refractivity contribution < 1.29 is 20.8 Å². The maximum Gasteiger partial charge on any atom is 0.115 e. The molecule has 2 aromatic carbocycles. The summed E-state index contributed by atoms with van der Waals surface area (Å²) in [6.45, 7) is 0. The van der Waals surface area contributed by atoms with Gasteiger partial charge in [-0.15, -0.1) is 0 Å². The Bertz CT molecular complexity index is 785. The highest BCUT2D eigenvalue weighted by atomic mass is 16.5. The Hall–Kier alpha value is -2.85. The van der Waals surface area contributed by atoms with E-state index in [2.05, 4.69) is 4.98 Å². The van der Waals surface area contributed by atoms with Crippen LogP contribution in [0.1, 0.15) is 0 Å². The molecule has 0 atom stereocenters. The Balaban J connectivity index is 2.54. The summed E-state index contributed by atoms with van der Waals surface area (Å²) in [5.41, 5.74) is 8.45. The van der Waals surface area contributed by atoms with Crippen molar-refractivity contribution in [3.8, 4) is 0 Å². The van der Waals surface area contributed by atoms with Crippen molar-refractivity contribution in [1.82, 2.24) is 4.98 Å². The minimum atomic E-state index is -0.100. The number of benzene rings is 2. The van der Waals surface area contributed by atoms with Gasteiger partial charge in [0.2, 0.25) is 0 Å². The average molecular weight is 303 g/mol. The maximum absolute atomic E-state index is 9.38. The van der Waals surface area contributed by atoms with Crippen LogP contribution in [0.3, 0.4) is 0 Å². The Morgan fingerprint density at radius 2 is 1.32 bits per heavy atom. The molecule has 3 rings (SSSR count). The smallest absolute Gasteiger partial charge is 0.115 e. The molecule has 0 radical (unpaired) electrons. The van der Waals surface area contributed by atoms with Crippen LogP contribution in [0.4, 0.5) is 22.7 Å². The first-order valence-electron chi connectivity index (χ1n) is 6.25. The SMILES string of the molecule is ONc1c(NO)c(NO)c2nc3ccccc3cc2c1NO. The second-order valence-electron chi connectivity index (χ2n) is 4.52. The Morgan fingerprint density at radius 1 is 0.727 bits per heavy atom. The minimum absolute atomic E-state index is 0.0267. The van der Waals surface area contributed by atoms with Gasteiger partial charge < -0.3 is 0 Å². The zero-order valence-corrected chi connectivity index (χ0v) is 11.1. The first kappa shape index (κ1) is 14.1. The lowest BCUT2D eigenvalue weighted by atomic mass is 10.1. The number of para-hydroxylation sites is 1. The van der Waals surface area contributed by atoms with Crippen molar-refractivity contribution in [1.29, 1.82) is 0 Å². The third-order valence-electron chi connectivity index (χ3n) is 3.43. The van der Waals surface area contributed by atoms with E-state index in [0.29, 0.717) is 10.9 Å². The Morgan fingerprint density at radius 3 is 1.95 bits per heavy atom. The number of nitrogens with one attached hydrogen (secondary N) is 4. The highest BCUT2D eigenvalue weighted by Gasteiger charge is 2.20. The third kappa shape index (κ3) is 1.93. The molecular weight excluding hydrogens is 290 g/mol. The highest BCUT2D eigenvalue weighted by Crippen LogP contribution is 2.44. The standard InChI is InChI=1S/C13H13N5O4/c19-15-10-7-5-6-3-1-2-4-8(6)14-9(7)11(16-20)13(18-22)12(10)17-21/h1-5,15-22H. The second kappa shape index (κ2) is 5.50. The summed E-state index contributed by atoms with van der Waals surface area (Å²) in [7, 11) is 0. The first-order chi connectivity index (χ1) is 10.7. The molecule has 3 aromatic rings. The van der Waals surface area contributed by atoms with Crippen LogP contribution >= 0.6 is 0 Å². The van der Waals surface area contributed by atoms with Gasteiger partial charge in [-0.1, -0.05) is 18.2 Å². The van der Waals surface area contributed by atoms with Crippen molar-refractivity contribution in [2.24, 2.45) is 0 Å². The second-order valence-corrected chi connectivity index (χ2v) is 4.52. The summed E-state index contributed by atoms with van der Waals surface area (Å²) < 4.78 is 0. The van der Waals surface area contributed by atoms with Gasteiger partial charge in [0.05, 0.1) is 11.2 Å². The van der Waals surface area contributed by atoms with Crippen LogP contribution in [0, 0.1) is 0 Å². The van der Waals surface area contributed by atoms with Gasteiger partial charge in [-0.3, -0.25) is 42.7 Å². The fraction of sp³-hybridized carbons (Fsp3) is 0. The molecule has 0 amide bonds. The molecule has 0 unspecified atom stereocenters. The van der Waals surface area contributed by atoms with E-state index in [1.54, 1.807) is 12.1 Å². The van der Waals surface area contributed by atoms with E-state index in [0.717, 1.165) is 5.39 Å². The molecule has 0 spiro atoms. The lowest BCUT2D eigenvalue weighted by molar-refractivity contribution is 0.369. The fourth-order valence-electron chi connectivity index (χ4n) is 2.45. The molecule has 9 nitrogen and oxygen atoms in total. The van der Waals surface area contributed by atoms with E-state index in [-0.39, 0.29) is 28.3 Å². The van der Waals surface area contributed by atoms with Crippen LogP contribution < -0.4 is 21.9 Å². The van der Waals surface area contributed by atoms with E-state index < -0.39 is 0 Å². The average Bonchev–Trinajstić information content (AvgIpc) is 2.57. The number of fused-ring (bicyclic) bond motifs is 2. The summed E-state index contributed by atoms with van der Waals surface area (Å²) in [6, 6.07) is 8.99. The zero-order chi connectivity index (χ0) is 15.7. The predicted molar refractivity (Wildman–Crippen MR) is 80.9 cm³/mol. The lowest BCUT2D eigenvalue weighted by Gasteiger charge is -2.18. The summed E-state index contributed by atoms with van der Waals surface area (Å²) in [5.74, 6) is 0. The van der Waals surface area contributed by atoms with E-state index in [1.807, 2.05) is 40.1 Å². The highest BCUT2D eigenvalue weighted by molar-refractivity contribution is 6.14. The molecule has 0 fully saturated rings. The van der Waals surface area contributed by atoms with Gasteiger partial charge in [-0.2, -0.15) is 0 Å². The minimum Gasteiger partial charge on any atom is -0.291 e. The van der Waals surface area contributed by atoms with Crippen LogP contribution in [-0.2, 0) is 0 Å². The van der Waals surface area contributed by atoms with Gasteiger partial charge in [0.15, 0.2) is 0 Å². The first-order valence-corrected chi connectivity index (χ1v) is 6.25. The van der Waals surface area contributed by atoms with Gasteiger partial charge in [0.25, 0.3) is 0 Å². The van der Waals surface area contributed by atoms with Crippen LogP contribution in [-0.4, -0.2) is 25.8 Å². The van der Waals surface area contributed by atoms with Crippen molar-refractivity contribution in [2.45, 2.75) is 0 Å². The van der Waals surface area contributed by atoms with E-state index >= 15 is 0 Å². The zero-order valence-electron chi connectivity index (χ0n) is 11.1. The molecule has 0 saturated heterocycles. The van der Waals surface area contributed by atoms with Gasteiger partial charge in [0, 0.05) is 10.8 Å². The molecule has 9 heteroatoms. The van der Waals surface area contributed by atoms with Gasteiger partial charge >= 0.3 is 0 Å². The monoisotopic (exact) mass is 303 g/mol. The number of hydrogen-bond acceptors (Lipinski definition) is 9. The maximum atomic E-state index is 9.38. The number of pyridine rings is 1. The molecule has 0 aliphatic heterocycles. The van der Waals surface area contributed by atoms with Crippen molar-refractivity contribution in [3.05, 3.63) is 30.3 Å². The number of anilines is 4. The third-order valence-corrected chi connectivity index (χ3v) is 3.43. The Kier molecular flexibility index (Phi) is 3.53. The molecule has 1 aromatic heterocycles. The molecule has 22 heavy (non-hydrogen) atoms. The van der Waals surface area contributed by atoms with Crippen LogP contribution in [0.15, 0.2) is 30.3 Å². The molecule has 0 aliphatic rings. The normalized spacial score (nSPS) is 10.7. The molecule has 0 bridgehead atoms. The molecular formula is C13H13N5O4. The van der Waals surface area contributed by atoms with Gasteiger partial charge in [-0.25, -0.2) is 4.98 Å². The molecule has 1 heterocycles. The lowest BCUT2D eigenvalue weighted by Crippen LogP contribution is -2.08. The van der Waals surface area contributed by atoms with Crippen molar-refractivity contribution in [2.75, 3.05) is 21.9 Å². The summed E-state index contributed by atoms with van der Waals surface area (Å²) in [6.07, 6.45) is 0. The van der Waals surface area contributed by atoms with Gasteiger partial charge in [-0.05, 0) is 12.1 Å². The molecule has 8 N–H and O–H groups in total. The molecule has 114 valence electrons. The van der Waals surface area contributed by atoms with Crippen molar-refractivity contribution >= 4 is 44.6 Å². The topological polar surface area (TPSA) is 142 Å². The van der Waals surface area contributed by atoms with Crippen LogP contribution in [0.25, 0.3) is 21.8 Å². The number of rotatable bonds is 4. The number of hydrogen-bond donors (Lipinski definition) is 8. The van der Waals surface area contributed by atoms with E-state index in [1.165, 1.54) is 0 Å². The Labute approximate surface area is 123 Å². The molecule has 0 aliphatic carbocycles.